The van der Waals surface area contributed by atoms with Gasteiger partial charge in [-0.25, -0.2) is 4.98 Å². The molecular weight excluding hydrogens is 242 g/mol. The Morgan fingerprint density at radius 2 is 1.79 bits per heavy atom. The van der Waals surface area contributed by atoms with Crippen molar-refractivity contribution < 1.29 is 14.2 Å². The van der Waals surface area contributed by atoms with E-state index in [-0.39, 0.29) is 0 Å². The number of pyridine rings is 1. The predicted octanol–water partition coefficient (Wildman–Crippen LogP) is 2.99. The minimum absolute atomic E-state index is 0.475. The standard InChI is InChI=1S/C15H17NO3/c1-11-8-15(16-9-14(11)18-3)19-10-12-4-6-13(17-2)7-5-12/h4-9H,10H2,1-3H3. The minimum atomic E-state index is 0.475. The highest BCUT2D eigenvalue weighted by molar-refractivity contribution is 5.33. The lowest BCUT2D eigenvalue weighted by Crippen LogP contribution is -1.98. The van der Waals surface area contributed by atoms with Crippen molar-refractivity contribution in [1.82, 2.24) is 4.98 Å². The van der Waals surface area contributed by atoms with Crippen LogP contribution in [0.25, 0.3) is 0 Å². The summed E-state index contributed by atoms with van der Waals surface area (Å²) in [6.07, 6.45) is 1.67. The minimum Gasteiger partial charge on any atom is -0.497 e. The third-order valence-electron chi connectivity index (χ3n) is 2.80. The average molecular weight is 259 g/mol. The lowest BCUT2D eigenvalue weighted by Gasteiger charge is -2.08. The average Bonchev–Trinajstić information content (AvgIpc) is 2.46. The molecule has 2 rings (SSSR count). The van der Waals surface area contributed by atoms with Crippen molar-refractivity contribution in [2.24, 2.45) is 0 Å². The summed E-state index contributed by atoms with van der Waals surface area (Å²) in [6, 6.07) is 9.61. The number of hydrogen-bond acceptors (Lipinski definition) is 4. The van der Waals surface area contributed by atoms with Gasteiger partial charge in [0.1, 0.15) is 18.1 Å². The van der Waals surface area contributed by atoms with Crippen molar-refractivity contribution >= 4 is 0 Å². The molecule has 0 unspecified atom stereocenters. The van der Waals surface area contributed by atoms with Crippen LogP contribution in [0.4, 0.5) is 0 Å². The molecule has 1 heterocycles. The Labute approximate surface area is 113 Å². The van der Waals surface area contributed by atoms with Crippen molar-refractivity contribution in [2.45, 2.75) is 13.5 Å². The normalized spacial score (nSPS) is 10.1. The number of benzene rings is 1. The molecule has 0 atom stereocenters. The van der Waals surface area contributed by atoms with Crippen molar-refractivity contribution in [3.8, 4) is 17.4 Å². The number of methoxy groups -OCH3 is 2. The zero-order chi connectivity index (χ0) is 13.7. The van der Waals surface area contributed by atoms with Crippen LogP contribution in [-0.4, -0.2) is 19.2 Å². The Bertz CT molecular complexity index is 538. The molecule has 1 aromatic heterocycles. The summed E-state index contributed by atoms with van der Waals surface area (Å²) in [4.78, 5) is 4.19. The van der Waals surface area contributed by atoms with Gasteiger partial charge < -0.3 is 14.2 Å². The molecule has 0 saturated heterocycles. The zero-order valence-electron chi connectivity index (χ0n) is 11.3. The molecule has 0 amide bonds. The zero-order valence-corrected chi connectivity index (χ0v) is 11.3. The largest absolute Gasteiger partial charge is 0.497 e. The number of nitrogens with zero attached hydrogens (tertiary/aromatic N) is 1. The van der Waals surface area contributed by atoms with Crippen molar-refractivity contribution in [1.29, 1.82) is 0 Å². The lowest BCUT2D eigenvalue weighted by molar-refractivity contribution is 0.292. The smallest absolute Gasteiger partial charge is 0.214 e. The molecule has 0 radical (unpaired) electrons. The van der Waals surface area contributed by atoms with Crippen molar-refractivity contribution in [3.63, 3.8) is 0 Å². The first-order valence-corrected chi connectivity index (χ1v) is 5.99. The molecule has 4 heteroatoms. The Kier molecular flexibility index (Phi) is 4.23. The first-order valence-electron chi connectivity index (χ1n) is 5.99. The molecule has 100 valence electrons. The second-order valence-corrected chi connectivity index (χ2v) is 4.13. The highest BCUT2D eigenvalue weighted by atomic mass is 16.5. The summed E-state index contributed by atoms with van der Waals surface area (Å²) in [5.41, 5.74) is 2.07. The Balaban J connectivity index is 1.99. The molecule has 0 spiro atoms. The van der Waals surface area contributed by atoms with Crippen LogP contribution in [0.1, 0.15) is 11.1 Å². The van der Waals surface area contributed by atoms with Crippen LogP contribution in [0.2, 0.25) is 0 Å². The van der Waals surface area contributed by atoms with Gasteiger partial charge in [0.05, 0.1) is 20.4 Å². The van der Waals surface area contributed by atoms with Gasteiger partial charge in [0.25, 0.3) is 0 Å². The van der Waals surface area contributed by atoms with Crippen LogP contribution in [0.5, 0.6) is 17.4 Å². The second-order valence-electron chi connectivity index (χ2n) is 4.13. The maximum absolute atomic E-state index is 5.64. The monoisotopic (exact) mass is 259 g/mol. The Morgan fingerprint density at radius 1 is 1.05 bits per heavy atom. The van der Waals surface area contributed by atoms with E-state index in [1.807, 2.05) is 37.3 Å². The Hall–Kier alpha value is -2.23. The van der Waals surface area contributed by atoms with Gasteiger partial charge in [0.2, 0.25) is 5.88 Å². The summed E-state index contributed by atoms with van der Waals surface area (Å²) in [5.74, 6) is 2.19. The molecule has 0 bridgehead atoms. The fourth-order valence-corrected chi connectivity index (χ4v) is 1.69. The fourth-order valence-electron chi connectivity index (χ4n) is 1.69. The maximum atomic E-state index is 5.64. The van der Waals surface area contributed by atoms with Gasteiger partial charge in [-0.15, -0.1) is 0 Å². The predicted molar refractivity (Wildman–Crippen MR) is 72.9 cm³/mol. The van der Waals surface area contributed by atoms with Gasteiger partial charge >= 0.3 is 0 Å². The molecule has 19 heavy (non-hydrogen) atoms. The third kappa shape index (κ3) is 3.37. The number of rotatable bonds is 5. The maximum Gasteiger partial charge on any atom is 0.214 e. The van der Waals surface area contributed by atoms with E-state index in [2.05, 4.69) is 4.98 Å². The highest BCUT2D eigenvalue weighted by Crippen LogP contribution is 2.20. The van der Waals surface area contributed by atoms with Crippen LogP contribution in [0.15, 0.2) is 36.5 Å². The highest BCUT2D eigenvalue weighted by Gasteiger charge is 2.03. The van der Waals surface area contributed by atoms with E-state index in [0.717, 1.165) is 22.6 Å². The van der Waals surface area contributed by atoms with E-state index in [0.29, 0.717) is 12.5 Å². The topological polar surface area (TPSA) is 40.6 Å². The molecule has 1 aromatic carbocycles. The molecule has 0 aliphatic heterocycles. The third-order valence-corrected chi connectivity index (χ3v) is 2.80. The summed E-state index contributed by atoms with van der Waals surface area (Å²) in [5, 5.41) is 0. The van der Waals surface area contributed by atoms with Crippen molar-refractivity contribution in [2.75, 3.05) is 14.2 Å². The molecule has 0 aliphatic rings. The van der Waals surface area contributed by atoms with E-state index in [9.17, 15) is 0 Å². The van der Waals surface area contributed by atoms with E-state index in [1.54, 1.807) is 20.4 Å². The molecule has 0 fully saturated rings. The quantitative estimate of drug-likeness (QED) is 0.827. The summed E-state index contributed by atoms with van der Waals surface area (Å²) < 4.78 is 15.9. The lowest BCUT2D eigenvalue weighted by atomic mass is 10.2. The summed E-state index contributed by atoms with van der Waals surface area (Å²) >= 11 is 0. The van der Waals surface area contributed by atoms with E-state index < -0.39 is 0 Å². The van der Waals surface area contributed by atoms with Gasteiger partial charge in [-0.05, 0) is 30.2 Å². The fraction of sp³-hybridized carbons (Fsp3) is 0.267. The van der Waals surface area contributed by atoms with Gasteiger partial charge in [-0.2, -0.15) is 0 Å². The number of hydrogen-bond donors (Lipinski definition) is 0. The van der Waals surface area contributed by atoms with Gasteiger partial charge in [0.15, 0.2) is 0 Å². The van der Waals surface area contributed by atoms with E-state index >= 15 is 0 Å². The Morgan fingerprint density at radius 3 is 2.37 bits per heavy atom. The molecule has 4 nitrogen and oxygen atoms in total. The second kappa shape index (κ2) is 6.09. The first-order chi connectivity index (χ1) is 9.22. The molecular formula is C15H17NO3. The summed E-state index contributed by atoms with van der Waals surface area (Å²) in [6.45, 7) is 2.43. The van der Waals surface area contributed by atoms with E-state index in [4.69, 9.17) is 14.2 Å². The molecule has 2 aromatic rings. The van der Waals surface area contributed by atoms with Gasteiger partial charge in [-0.1, -0.05) is 12.1 Å². The molecule has 0 saturated carbocycles. The molecule has 0 aliphatic carbocycles. The van der Waals surface area contributed by atoms with Crippen molar-refractivity contribution in [3.05, 3.63) is 47.7 Å². The SMILES string of the molecule is COc1ccc(COc2cc(C)c(OC)cn2)cc1. The summed E-state index contributed by atoms with van der Waals surface area (Å²) in [7, 11) is 3.28. The van der Waals surface area contributed by atoms with Gasteiger partial charge in [-0.3, -0.25) is 0 Å². The van der Waals surface area contributed by atoms with Crippen LogP contribution in [-0.2, 0) is 6.61 Å². The number of aromatic nitrogens is 1. The molecule has 0 N–H and O–H groups in total. The van der Waals surface area contributed by atoms with Gasteiger partial charge in [0, 0.05) is 6.07 Å². The number of aryl methyl sites for hydroxylation is 1. The van der Waals surface area contributed by atoms with E-state index in [1.165, 1.54) is 0 Å². The van der Waals surface area contributed by atoms with Crippen LogP contribution in [0, 0.1) is 6.92 Å². The van der Waals surface area contributed by atoms with Crippen LogP contribution < -0.4 is 14.2 Å². The number of ether oxygens (including phenoxy) is 3. The van der Waals surface area contributed by atoms with Crippen LogP contribution in [0.3, 0.4) is 0 Å². The first kappa shape index (κ1) is 13.2. The van der Waals surface area contributed by atoms with Crippen LogP contribution >= 0.6 is 0 Å².